The van der Waals surface area contributed by atoms with Gasteiger partial charge in [0.25, 0.3) is 0 Å². The van der Waals surface area contributed by atoms with Crippen molar-refractivity contribution >= 4 is 10.8 Å². The number of nitrogens with zero attached hydrogens (tertiary/aromatic N) is 1. The molecule has 1 atom stereocenters. The van der Waals surface area contributed by atoms with Crippen LogP contribution in [-0.2, 0) is 0 Å². The average molecular weight is 338 g/mol. The van der Waals surface area contributed by atoms with Gasteiger partial charge in [0.05, 0.1) is 12.8 Å². The molecule has 0 saturated carbocycles. The number of methoxy groups -OCH3 is 1. The summed E-state index contributed by atoms with van der Waals surface area (Å²) in [6.07, 6.45) is 0. The summed E-state index contributed by atoms with van der Waals surface area (Å²) >= 11 is 0. The molecule has 0 spiro atoms. The summed E-state index contributed by atoms with van der Waals surface area (Å²) in [5.74, 6) is 0.776. The lowest BCUT2D eigenvalue weighted by Gasteiger charge is -2.22. The molecule has 0 amide bonds. The molecule has 1 unspecified atom stereocenters. The second-order valence-corrected chi connectivity index (χ2v) is 6.48. The standard InChI is InChI=1S/C21H23FN2O/c1-13(2)20(23-3)16-10-11-19(24-21(16)25-4)15-9-8-14-6-5-7-18(22)17(14)12-15/h5-13,20,23H,1-4H3. The lowest BCUT2D eigenvalue weighted by molar-refractivity contribution is 0.368. The van der Waals surface area contributed by atoms with Crippen molar-refractivity contribution in [1.82, 2.24) is 10.3 Å². The van der Waals surface area contributed by atoms with E-state index in [1.165, 1.54) is 6.07 Å². The molecule has 1 N–H and O–H groups in total. The number of nitrogens with one attached hydrogen (secondary N) is 1. The fraction of sp³-hybridized carbons (Fsp3) is 0.286. The molecule has 130 valence electrons. The Labute approximate surface area is 147 Å². The molecule has 0 bridgehead atoms. The van der Waals surface area contributed by atoms with Crippen LogP contribution in [0.15, 0.2) is 48.5 Å². The maximum atomic E-state index is 14.1. The lowest BCUT2D eigenvalue weighted by Crippen LogP contribution is -2.22. The third-order valence-corrected chi connectivity index (χ3v) is 4.52. The Kier molecular flexibility index (Phi) is 5.00. The van der Waals surface area contributed by atoms with Crippen molar-refractivity contribution in [3.05, 3.63) is 59.9 Å². The number of halogens is 1. The first kappa shape index (κ1) is 17.4. The van der Waals surface area contributed by atoms with Crippen LogP contribution in [0.1, 0.15) is 25.5 Å². The summed E-state index contributed by atoms with van der Waals surface area (Å²) in [7, 11) is 3.56. The van der Waals surface area contributed by atoms with Gasteiger partial charge in [0.1, 0.15) is 5.82 Å². The molecule has 0 aliphatic heterocycles. The normalized spacial score (nSPS) is 12.6. The minimum atomic E-state index is -0.224. The van der Waals surface area contributed by atoms with E-state index in [2.05, 4.69) is 24.1 Å². The van der Waals surface area contributed by atoms with Crippen LogP contribution in [0, 0.1) is 11.7 Å². The Morgan fingerprint density at radius 1 is 1.08 bits per heavy atom. The number of rotatable bonds is 5. The Balaban J connectivity index is 2.08. The predicted molar refractivity (Wildman–Crippen MR) is 100 cm³/mol. The van der Waals surface area contributed by atoms with Crippen molar-refractivity contribution in [2.45, 2.75) is 19.9 Å². The van der Waals surface area contributed by atoms with E-state index in [-0.39, 0.29) is 11.9 Å². The van der Waals surface area contributed by atoms with Gasteiger partial charge in [-0.3, -0.25) is 0 Å². The summed E-state index contributed by atoms with van der Waals surface area (Å²) in [5.41, 5.74) is 2.66. The summed E-state index contributed by atoms with van der Waals surface area (Å²) in [5, 5.41) is 4.79. The molecule has 3 nitrogen and oxygen atoms in total. The Hall–Kier alpha value is -2.46. The molecule has 1 aromatic heterocycles. The van der Waals surface area contributed by atoms with Crippen molar-refractivity contribution in [2.75, 3.05) is 14.2 Å². The van der Waals surface area contributed by atoms with Gasteiger partial charge in [-0.1, -0.05) is 38.1 Å². The number of pyridine rings is 1. The Morgan fingerprint density at radius 2 is 1.88 bits per heavy atom. The van der Waals surface area contributed by atoms with Gasteiger partial charge in [-0.2, -0.15) is 0 Å². The molecule has 25 heavy (non-hydrogen) atoms. The van der Waals surface area contributed by atoms with E-state index in [0.29, 0.717) is 17.2 Å². The van der Waals surface area contributed by atoms with Crippen LogP contribution in [0.25, 0.3) is 22.0 Å². The highest BCUT2D eigenvalue weighted by Gasteiger charge is 2.19. The van der Waals surface area contributed by atoms with E-state index < -0.39 is 0 Å². The topological polar surface area (TPSA) is 34.2 Å². The first-order chi connectivity index (χ1) is 12.0. The predicted octanol–water partition coefficient (Wildman–Crippen LogP) is 4.97. The van der Waals surface area contributed by atoms with Gasteiger partial charge in [-0.15, -0.1) is 0 Å². The van der Waals surface area contributed by atoms with E-state index >= 15 is 0 Å². The molecule has 1 heterocycles. The van der Waals surface area contributed by atoms with Crippen LogP contribution < -0.4 is 10.1 Å². The molecular formula is C21H23FN2O. The van der Waals surface area contributed by atoms with Crippen LogP contribution in [0.2, 0.25) is 0 Å². The van der Waals surface area contributed by atoms with E-state index in [9.17, 15) is 4.39 Å². The van der Waals surface area contributed by atoms with Crippen LogP contribution in [0.3, 0.4) is 0 Å². The van der Waals surface area contributed by atoms with Crippen molar-refractivity contribution in [3.8, 4) is 17.1 Å². The average Bonchev–Trinajstić information content (AvgIpc) is 2.62. The van der Waals surface area contributed by atoms with Crippen LogP contribution in [0.4, 0.5) is 4.39 Å². The third-order valence-electron chi connectivity index (χ3n) is 4.52. The van der Waals surface area contributed by atoms with Gasteiger partial charge in [-0.05, 0) is 42.6 Å². The maximum absolute atomic E-state index is 14.1. The highest BCUT2D eigenvalue weighted by molar-refractivity contribution is 5.87. The molecule has 4 heteroatoms. The second kappa shape index (κ2) is 7.19. The second-order valence-electron chi connectivity index (χ2n) is 6.48. The number of aromatic nitrogens is 1. The minimum Gasteiger partial charge on any atom is -0.481 e. The molecule has 0 aliphatic carbocycles. The van der Waals surface area contributed by atoms with Gasteiger partial charge in [0.2, 0.25) is 5.88 Å². The zero-order chi connectivity index (χ0) is 18.0. The quantitative estimate of drug-likeness (QED) is 0.713. The molecule has 3 rings (SSSR count). The highest BCUT2D eigenvalue weighted by atomic mass is 19.1. The third kappa shape index (κ3) is 3.35. The largest absolute Gasteiger partial charge is 0.481 e. The van der Waals surface area contributed by atoms with Crippen molar-refractivity contribution < 1.29 is 9.13 Å². The molecule has 0 aliphatic rings. The molecular weight excluding hydrogens is 315 g/mol. The first-order valence-corrected chi connectivity index (χ1v) is 8.46. The summed E-state index contributed by atoms with van der Waals surface area (Å²) in [4.78, 5) is 4.66. The van der Waals surface area contributed by atoms with Gasteiger partial charge >= 0.3 is 0 Å². The summed E-state index contributed by atoms with van der Waals surface area (Å²) in [6, 6.07) is 15.0. The summed E-state index contributed by atoms with van der Waals surface area (Å²) < 4.78 is 19.6. The van der Waals surface area contributed by atoms with Crippen LogP contribution in [0.5, 0.6) is 5.88 Å². The molecule has 0 radical (unpaired) electrons. The van der Waals surface area contributed by atoms with Crippen molar-refractivity contribution in [3.63, 3.8) is 0 Å². The van der Waals surface area contributed by atoms with E-state index in [1.54, 1.807) is 13.2 Å². The zero-order valence-corrected chi connectivity index (χ0v) is 15.0. The maximum Gasteiger partial charge on any atom is 0.218 e. The fourth-order valence-corrected chi connectivity index (χ4v) is 3.25. The molecule has 2 aromatic carbocycles. The SMILES string of the molecule is CNC(c1ccc(-c2ccc3cccc(F)c3c2)nc1OC)C(C)C. The number of benzene rings is 2. The zero-order valence-electron chi connectivity index (χ0n) is 15.0. The van der Waals surface area contributed by atoms with Gasteiger partial charge in [-0.25, -0.2) is 9.37 Å². The number of fused-ring (bicyclic) bond motifs is 1. The highest BCUT2D eigenvalue weighted by Crippen LogP contribution is 2.32. The van der Waals surface area contributed by atoms with Crippen LogP contribution >= 0.6 is 0 Å². The van der Waals surface area contributed by atoms with Gasteiger partial charge in [0.15, 0.2) is 0 Å². The van der Waals surface area contributed by atoms with Crippen molar-refractivity contribution in [1.29, 1.82) is 0 Å². The summed E-state index contributed by atoms with van der Waals surface area (Å²) in [6.45, 7) is 4.31. The minimum absolute atomic E-state index is 0.158. The fourth-order valence-electron chi connectivity index (χ4n) is 3.25. The Morgan fingerprint density at radius 3 is 2.56 bits per heavy atom. The van der Waals surface area contributed by atoms with E-state index in [4.69, 9.17) is 4.74 Å². The van der Waals surface area contributed by atoms with E-state index in [0.717, 1.165) is 22.2 Å². The van der Waals surface area contributed by atoms with Gasteiger partial charge < -0.3 is 10.1 Å². The lowest BCUT2D eigenvalue weighted by atomic mass is 9.96. The monoisotopic (exact) mass is 338 g/mol. The Bertz CT molecular complexity index is 892. The van der Waals surface area contributed by atoms with Gasteiger partial charge in [0, 0.05) is 22.6 Å². The van der Waals surface area contributed by atoms with Crippen molar-refractivity contribution in [2.24, 2.45) is 5.92 Å². The molecule has 0 fully saturated rings. The molecule has 0 saturated heterocycles. The molecule has 3 aromatic rings. The van der Waals surface area contributed by atoms with E-state index in [1.807, 2.05) is 43.4 Å². The smallest absolute Gasteiger partial charge is 0.218 e. The first-order valence-electron chi connectivity index (χ1n) is 8.46. The number of ether oxygens (including phenoxy) is 1. The number of hydrogen-bond donors (Lipinski definition) is 1. The number of hydrogen-bond acceptors (Lipinski definition) is 3. The van der Waals surface area contributed by atoms with Crippen LogP contribution in [-0.4, -0.2) is 19.1 Å².